The summed E-state index contributed by atoms with van der Waals surface area (Å²) < 4.78 is 10.6. The second-order valence-electron chi connectivity index (χ2n) is 5.70. The fraction of sp³-hybridized carbons (Fsp3) is 0.200. The molecule has 3 rings (SSSR count). The lowest BCUT2D eigenvalue weighted by Crippen LogP contribution is -2.10. The number of aliphatic hydroxyl groups excluding tert-OH is 1. The van der Waals surface area contributed by atoms with Gasteiger partial charge in [0.25, 0.3) is 0 Å². The van der Waals surface area contributed by atoms with E-state index in [-0.39, 0.29) is 6.61 Å². The number of nitrogens with zero attached hydrogens (tertiary/aromatic N) is 2. The predicted molar refractivity (Wildman–Crippen MR) is 106 cm³/mol. The van der Waals surface area contributed by atoms with Gasteiger partial charge in [0.05, 0.1) is 26.5 Å². The minimum atomic E-state index is -0.00519. The van der Waals surface area contributed by atoms with Crippen molar-refractivity contribution in [2.24, 2.45) is 0 Å². The number of rotatable bonds is 8. The number of nitrogens with one attached hydrogen (secondary N) is 2. The van der Waals surface area contributed by atoms with Gasteiger partial charge in [-0.1, -0.05) is 30.3 Å². The van der Waals surface area contributed by atoms with Gasteiger partial charge in [-0.25, -0.2) is 4.98 Å². The summed E-state index contributed by atoms with van der Waals surface area (Å²) >= 11 is 0. The van der Waals surface area contributed by atoms with Gasteiger partial charge in [-0.05, 0) is 0 Å². The Balaban J connectivity index is 1.96. The van der Waals surface area contributed by atoms with E-state index in [1.165, 1.54) is 0 Å². The topological polar surface area (TPSA) is 88.5 Å². The van der Waals surface area contributed by atoms with Crippen molar-refractivity contribution in [3.63, 3.8) is 0 Å². The van der Waals surface area contributed by atoms with Crippen LogP contribution in [0.4, 0.5) is 17.5 Å². The van der Waals surface area contributed by atoms with E-state index >= 15 is 0 Å². The molecule has 2 aromatic carbocycles. The molecule has 0 saturated heterocycles. The highest BCUT2D eigenvalue weighted by molar-refractivity contribution is 5.68. The molecule has 0 bridgehead atoms. The van der Waals surface area contributed by atoms with Crippen molar-refractivity contribution < 1.29 is 14.6 Å². The monoisotopic (exact) mass is 366 g/mol. The SMILES string of the molecule is COc1cc(Nc2cc(-c3ccccc3)nc(NCCO)n2)cc(OC)c1. The van der Waals surface area contributed by atoms with E-state index in [1.54, 1.807) is 20.3 Å². The Hall–Kier alpha value is -3.32. The van der Waals surface area contributed by atoms with Crippen molar-refractivity contribution in [3.05, 3.63) is 54.6 Å². The second-order valence-corrected chi connectivity index (χ2v) is 5.70. The lowest BCUT2D eigenvalue weighted by atomic mass is 10.1. The molecule has 0 saturated carbocycles. The van der Waals surface area contributed by atoms with Gasteiger partial charge in [0.15, 0.2) is 0 Å². The summed E-state index contributed by atoms with van der Waals surface area (Å²) in [6.07, 6.45) is 0. The maximum absolute atomic E-state index is 9.07. The van der Waals surface area contributed by atoms with E-state index < -0.39 is 0 Å². The largest absolute Gasteiger partial charge is 0.497 e. The number of anilines is 3. The molecule has 1 heterocycles. The minimum absolute atomic E-state index is 0.00519. The van der Waals surface area contributed by atoms with E-state index in [2.05, 4.69) is 20.6 Å². The lowest BCUT2D eigenvalue weighted by molar-refractivity contribution is 0.311. The zero-order chi connectivity index (χ0) is 19.1. The standard InChI is InChI=1S/C20H22N4O3/c1-26-16-10-15(11-17(12-16)27-2)22-19-13-18(14-6-4-3-5-7-14)23-20(24-19)21-8-9-25/h3-7,10-13,25H,8-9H2,1-2H3,(H2,21,22,23,24). The van der Waals surface area contributed by atoms with Crippen LogP contribution in [0.15, 0.2) is 54.6 Å². The molecule has 3 aromatic rings. The average Bonchev–Trinajstić information content (AvgIpc) is 2.72. The molecule has 0 unspecified atom stereocenters. The first-order valence-electron chi connectivity index (χ1n) is 8.51. The second kappa shape index (κ2) is 8.86. The van der Waals surface area contributed by atoms with Gasteiger partial charge in [-0.2, -0.15) is 4.98 Å². The first kappa shape index (κ1) is 18.5. The number of methoxy groups -OCH3 is 2. The molecule has 140 valence electrons. The van der Waals surface area contributed by atoms with E-state index in [9.17, 15) is 0 Å². The Kier molecular flexibility index (Phi) is 6.06. The lowest BCUT2D eigenvalue weighted by Gasteiger charge is -2.13. The molecular weight excluding hydrogens is 344 g/mol. The van der Waals surface area contributed by atoms with Crippen LogP contribution in [0, 0.1) is 0 Å². The van der Waals surface area contributed by atoms with Crippen LogP contribution in [0.25, 0.3) is 11.3 Å². The van der Waals surface area contributed by atoms with E-state index in [4.69, 9.17) is 14.6 Å². The van der Waals surface area contributed by atoms with Gasteiger partial charge < -0.3 is 25.2 Å². The Bertz CT molecular complexity index is 865. The Labute approximate surface area is 158 Å². The quantitative estimate of drug-likeness (QED) is 0.564. The summed E-state index contributed by atoms with van der Waals surface area (Å²) in [6, 6.07) is 17.2. The number of aliphatic hydroxyl groups is 1. The number of aromatic nitrogens is 2. The third-order valence-corrected chi connectivity index (χ3v) is 3.81. The van der Waals surface area contributed by atoms with Gasteiger partial charge >= 0.3 is 0 Å². The molecule has 7 heteroatoms. The summed E-state index contributed by atoms with van der Waals surface area (Å²) in [5.41, 5.74) is 2.51. The Morgan fingerprint density at radius 1 is 0.926 bits per heavy atom. The van der Waals surface area contributed by atoms with Crippen molar-refractivity contribution >= 4 is 17.5 Å². The maximum Gasteiger partial charge on any atom is 0.225 e. The first-order valence-corrected chi connectivity index (χ1v) is 8.51. The number of hydrogen-bond donors (Lipinski definition) is 3. The van der Waals surface area contributed by atoms with Crippen molar-refractivity contribution in [3.8, 4) is 22.8 Å². The van der Waals surface area contributed by atoms with Crippen LogP contribution >= 0.6 is 0 Å². The zero-order valence-electron chi connectivity index (χ0n) is 15.3. The van der Waals surface area contributed by atoms with Crippen molar-refractivity contribution in [2.75, 3.05) is 38.0 Å². The summed E-state index contributed by atoms with van der Waals surface area (Å²) in [4.78, 5) is 9.00. The first-order chi connectivity index (χ1) is 13.2. The van der Waals surface area contributed by atoms with Crippen LogP contribution in [-0.2, 0) is 0 Å². The minimum Gasteiger partial charge on any atom is -0.497 e. The summed E-state index contributed by atoms with van der Waals surface area (Å²) in [5.74, 6) is 2.39. The van der Waals surface area contributed by atoms with Crippen LogP contribution in [-0.4, -0.2) is 42.4 Å². The molecule has 0 aliphatic rings. The molecule has 0 spiro atoms. The zero-order valence-corrected chi connectivity index (χ0v) is 15.3. The normalized spacial score (nSPS) is 10.3. The maximum atomic E-state index is 9.07. The van der Waals surface area contributed by atoms with Crippen LogP contribution in [0.1, 0.15) is 0 Å². The fourth-order valence-corrected chi connectivity index (χ4v) is 2.54. The molecule has 3 N–H and O–H groups in total. The van der Waals surface area contributed by atoms with Crippen LogP contribution in [0.2, 0.25) is 0 Å². The molecule has 27 heavy (non-hydrogen) atoms. The van der Waals surface area contributed by atoms with Crippen molar-refractivity contribution in [2.45, 2.75) is 0 Å². The van der Waals surface area contributed by atoms with E-state index in [0.717, 1.165) is 16.9 Å². The third-order valence-electron chi connectivity index (χ3n) is 3.81. The van der Waals surface area contributed by atoms with Crippen molar-refractivity contribution in [1.29, 1.82) is 0 Å². The van der Waals surface area contributed by atoms with Gasteiger partial charge in [0.2, 0.25) is 5.95 Å². The average molecular weight is 366 g/mol. The highest BCUT2D eigenvalue weighted by Crippen LogP contribution is 2.29. The predicted octanol–water partition coefficient (Wildman–Crippen LogP) is 3.31. The van der Waals surface area contributed by atoms with E-state index in [0.29, 0.717) is 29.8 Å². The Morgan fingerprint density at radius 3 is 2.26 bits per heavy atom. The molecule has 0 aliphatic heterocycles. The highest BCUT2D eigenvalue weighted by Gasteiger charge is 2.09. The molecule has 0 radical (unpaired) electrons. The van der Waals surface area contributed by atoms with Crippen molar-refractivity contribution in [1.82, 2.24) is 9.97 Å². The van der Waals surface area contributed by atoms with E-state index in [1.807, 2.05) is 48.5 Å². The number of ether oxygens (including phenoxy) is 2. The van der Waals surface area contributed by atoms with Gasteiger partial charge in [-0.3, -0.25) is 0 Å². The number of hydrogen-bond acceptors (Lipinski definition) is 7. The molecule has 7 nitrogen and oxygen atoms in total. The molecule has 0 amide bonds. The molecular formula is C20H22N4O3. The summed E-state index contributed by atoms with van der Waals surface area (Å²) in [6.45, 7) is 0.361. The third kappa shape index (κ3) is 4.86. The Morgan fingerprint density at radius 2 is 1.63 bits per heavy atom. The molecule has 0 fully saturated rings. The summed E-state index contributed by atoms with van der Waals surface area (Å²) in [7, 11) is 3.21. The molecule has 0 atom stereocenters. The van der Waals surface area contributed by atoms with Crippen LogP contribution in [0.3, 0.4) is 0 Å². The molecule has 0 aliphatic carbocycles. The smallest absolute Gasteiger partial charge is 0.225 e. The van der Waals surface area contributed by atoms with Gasteiger partial charge in [-0.15, -0.1) is 0 Å². The summed E-state index contributed by atoms with van der Waals surface area (Å²) in [5, 5.41) is 15.4. The van der Waals surface area contributed by atoms with Gasteiger partial charge in [0, 0.05) is 42.1 Å². The van der Waals surface area contributed by atoms with Gasteiger partial charge in [0.1, 0.15) is 17.3 Å². The molecule has 1 aromatic heterocycles. The fourth-order valence-electron chi connectivity index (χ4n) is 2.54. The van der Waals surface area contributed by atoms with Crippen LogP contribution in [0.5, 0.6) is 11.5 Å². The highest BCUT2D eigenvalue weighted by atomic mass is 16.5. The van der Waals surface area contributed by atoms with Crippen LogP contribution < -0.4 is 20.1 Å². The number of benzene rings is 2.